The molecule has 0 heterocycles. The minimum absolute atomic E-state index is 0.108. The van der Waals surface area contributed by atoms with Gasteiger partial charge in [-0.15, -0.1) is 0 Å². The van der Waals surface area contributed by atoms with Gasteiger partial charge in [-0.1, -0.05) is 6.07 Å². The van der Waals surface area contributed by atoms with Crippen LogP contribution < -0.4 is 9.64 Å². The van der Waals surface area contributed by atoms with E-state index in [1.807, 2.05) is 32.0 Å². The molecule has 0 atom stereocenters. The molecule has 0 aliphatic carbocycles. The van der Waals surface area contributed by atoms with Crippen LogP contribution in [-0.2, 0) is 10.1 Å². The molecule has 0 fully saturated rings. The Morgan fingerprint density at radius 1 is 1.15 bits per heavy atom. The van der Waals surface area contributed by atoms with Crippen molar-refractivity contribution in [3.63, 3.8) is 0 Å². The zero-order valence-electron chi connectivity index (χ0n) is 11.8. The standard InChI is InChI=1S/C14H17NO4S/c1-9-7-13(19-4)14(15(2)3)11-6-5-10(8-12(9)11)20(16,17)18/h5-8H,1-4H3,(H,16,17,18). The van der Waals surface area contributed by atoms with E-state index >= 15 is 0 Å². The van der Waals surface area contributed by atoms with Gasteiger partial charge in [-0.25, -0.2) is 0 Å². The van der Waals surface area contributed by atoms with Crippen LogP contribution in [0.15, 0.2) is 29.2 Å². The monoisotopic (exact) mass is 295 g/mol. The zero-order chi connectivity index (χ0) is 15.1. The number of methoxy groups -OCH3 is 1. The fraction of sp³-hybridized carbons (Fsp3) is 0.286. The minimum atomic E-state index is -4.20. The number of benzene rings is 2. The predicted molar refractivity (Wildman–Crippen MR) is 79.4 cm³/mol. The summed E-state index contributed by atoms with van der Waals surface area (Å²) in [4.78, 5) is 1.80. The van der Waals surface area contributed by atoms with Crippen molar-refractivity contribution in [1.82, 2.24) is 0 Å². The third kappa shape index (κ3) is 2.44. The largest absolute Gasteiger partial charge is 0.495 e. The normalized spacial score (nSPS) is 11.7. The molecule has 0 unspecified atom stereocenters. The van der Waals surface area contributed by atoms with Gasteiger partial charge in [0.1, 0.15) is 5.75 Å². The summed E-state index contributed by atoms with van der Waals surface area (Å²) in [5, 5.41) is 1.64. The Kier molecular flexibility index (Phi) is 3.62. The van der Waals surface area contributed by atoms with E-state index < -0.39 is 10.1 Å². The number of fused-ring (bicyclic) bond motifs is 1. The summed E-state index contributed by atoms with van der Waals surface area (Å²) in [5.74, 6) is 0.722. The van der Waals surface area contributed by atoms with Crippen LogP contribution in [0, 0.1) is 6.92 Å². The van der Waals surface area contributed by atoms with Gasteiger partial charge in [-0.05, 0) is 36.1 Å². The summed E-state index contributed by atoms with van der Waals surface area (Å²) < 4.78 is 37.0. The number of hydrogen-bond acceptors (Lipinski definition) is 4. The van der Waals surface area contributed by atoms with Gasteiger partial charge < -0.3 is 9.64 Å². The molecule has 2 rings (SSSR count). The number of ether oxygens (including phenoxy) is 1. The minimum Gasteiger partial charge on any atom is -0.495 e. The van der Waals surface area contributed by atoms with Gasteiger partial charge in [0.25, 0.3) is 10.1 Å². The average Bonchev–Trinajstić information content (AvgIpc) is 2.36. The fourth-order valence-corrected chi connectivity index (χ4v) is 2.82. The van der Waals surface area contributed by atoms with Crippen LogP contribution in [0.3, 0.4) is 0 Å². The summed E-state index contributed by atoms with van der Waals surface area (Å²) in [5.41, 5.74) is 1.75. The van der Waals surface area contributed by atoms with Crippen LogP contribution in [0.25, 0.3) is 10.8 Å². The van der Waals surface area contributed by atoms with E-state index in [2.05, 4.69) is 0 Å². The number of hydrogen-bond donors (Lipinski definition) is 1. The Morgan fingerprint density at radius 2 is 1.80 bits per heavy atom. The molecule has 0 saturated heterocycles. The van der Waals surface area contributed by atoms with Crippen molar-refractivity contribution in [3.8, 4) is 5.75 Å². The maximum Gasteiger partial charge on any atom is 0.294 e. The highest BCUT2D eigenvalue weighted by molar-refractivity contribution is 7.85. The molecule has 2 aromatic rings. The van der Waals surface area contributed by atoms with Gasteiger partial charge in [-0.3, -0.25) is 4.55 Å². The second-order valence-corrected chi connectivity index (χ2v) is 6.24. The van der Waals surface area contributed by atoms with Crippen LogP contribution in [0.5, 0.6) is 5.75 Å². The number of nitrogens with zero attached hydrogens (tertiary/aromatic N) is 1. The molecule has 0 amide bonds. The summed E-state index contributed by atoms with van der Waals surface area (Å²) in [7, 11) is 1.18. The maximum absolute atomic E-state index is 11.3. The number of aryl methyl sites for hydroxylation is 1. The van der Waals surface area contributed by atoms with Gasteiger partial charge in [0, 0.05) is 19.5 Å². The van der Waals surface area contributed by atoms with Crippen molar-refractivity contribution in [3.05, 3.63) is 29.8 Å². The highest BCUT2D eigenvalue weighted by Crippen LogP contribution is 2.38. The fourth-order valence-electron chi connectivity index (χ4n) is 2.31. The number of rotatable bonds is 3. The topological polar surface area (TPSA) is 66.8 Å². The first-order valence-electron chi connectivity index (χ1n) is 6.02. The molecule has 108 valence electrons. The Bertz CT molecular complexity index is 766. The lowest BCUT2D eigenvalue weighted by Crippen LogP contribution is -2.11. The van der Waals surface area contributed by atoms with E-state index in [9.17, 15) is 8.42 Å². The third-order valence-electron chi connectivity index (χ3n) is 3.22. The molecule has 20 heavy (non-hydrogen) atoms. The van der Waals surface area contributed by atoms with Gasteiger partial charge in [0.15, 0.2) is 0 Å². The molecule has 5 nitrogen and oxygen atoms in total. The first-order chi connectivity index (χ1) is 9.25. The summed E-state index contributed by atoms with van der Waals surface area (Å²) >= 11 is 0. The lowest BCUT2D eigenvalue weighted by Gasteiger charge is -2.20. The van der Waals surface area contributed by atoms with E-state index in [4.69, 9.17) is 9.29 Å². The highest BCUT2D eigenvalue weighted by atomic mass is 32.2. The van der Waals surface area contributed by atoms with Crippen molar-refractivity contribution < 1.29 is 17.7 Å². The number of anilines is 1. The molecule has 6 heteroatoms. The van der Waals surface area contributed by atoms with Crippen molar-refractivity contribution in [2.75, 3.05) is 26.1 Å². The highest BCUT2D eigenvalue weighted by Gasteiger charge is 2.16. The Morgan fingerprint density at radius 3 is 2.30 bits per heavy atom. The van der Waals surface area contributed by atoms with Crippen molar-refractivity contribution in [2.45, 2.75) is 11.8 Å². The molecule has 0 spiro atoms. The molecular formula is C14H17NO4S. The van der Waals surface area contributed by atoms with Gasteiger partial charge in [0.2, 0.25) is 0 Å². The van der Waals surface area contributed by atoms with Crippen LogP contribution in [-0.4, -0.2) is 34.2 Å². The smallest absolute Gasteiger partial charge is 0.294 e. The van der Waals surface area contributed by atoms with E-state index in [1.165, 1.54) is 12.1 Å². The molecule has 1 N–H and O–H groups in total. The van der Waals surface area contributed by atoms with Gasteiger partial charge >= 0.3 is 0 Å². The van der Waals surface area contributed by atoms with Crippen molar-refractivity contribution >= 4 is 26.6 Å². The Hall–Kier alpha value is -1.79. The van der Waals surface area contributed by atoms with Crippen LogP contribution in [0.2, 0.25) is 0 Å². The first-order valence-corrected chi connectivity index (χ1v) is 7.46. The van der Waals surface area contributed by atoms with E-state index in [1.54, 1.807) is 13.2 Å². The first kappa shape index (κ1) is 14.6. The molecule has 0 saturated carbocycles. The van der Waals surface area contributed by atoms with Crippen LogP contribution in [0.4, 0.5) is 5.69 Å². The molecular weight excluding hydrogens is 278 g/mol. The predicted octanol–water partition coefficient (Wildman–Crippen LogP) is 2.47. The quantitative estimate of drug-likeness (QED) is 0.881. The summed E-state index contributed by atoms with van der Waals surface area (Å²) in [6.07, 6.45) is 0. The van der Waals surface area contributed by atoms with Crippen molar-refractivity contribution in [1.29, 1.82) is 0 Å². The molecule has 2 aromatic carbocycles. The second-order valence-electron chi connectivity index (χ2n) is 4.82. The van der Waals surface area contributed by atoms with Crippen molar-refractivity contribution in [2.24, 2.45) is 0 Å². The maximum atomic E-state index is 11.3. The molecule has 0 bridgehead atoms. The van der Waals surface area contributed by atoms with Crippen LogP contribution >= 0.6 is 0 Å². The van der Waals surface area contributed by atoms with E-state index in [0.29, 0.717) is 0 Å². The second kappa shape index (κ2) is 4.96. The lowest BCUT2D eigenvalue weighted by molar-refractivity contribution is 0.415. The van der Waals surface area contributed by atoms with Crippen LogP contribution in [0.1, 0.15) is 5.56 Å². The molecule has 0 aliphatic rings. The SMILES string of the molecule is COc1cc(C)c2cc(S(=O)(=O)O)ccc2c1N(C)C. The molecule has 0 aliphatic heterocycles. The molecule has 0 aromatic heterocycles. The van der Waals surface area contributed by atoms with Gasteiger partial charge in [-0.2, -0.15) is 8.42 Å². The third-order valence-corrected chi connectivity index (χ3v) is 4.07. The summed E-state index contributed by atoms with van der Waals surface area (Å²) in [6, 6.07) is 6.41. The molecule has 0 radical (unpaired) electrons. The Labute approximate surface area is 118 Å². The lowest BCUT2D eigenvalue weighted by atomic mass is 10.0. The van der Waals surface area contributed by atoms with E-state index in [0.717, 1.165) is 27.8 Å². The summed E-state index contributed by atoms with van der Waals surface area (Å²) in [6.45, 7) is 1.87. The Balaban J connectivity index is 2.89. The van der Waals surface area contributed by atoms with E-state index in [-0.39, 0.29) is 4.90 Å². The van der Waals surface area contributed by atoms with Gasteiger partial charge in [0.05, 0.1) is 17.7 Å². The zero-order valence-corrected chi connectivity index (χ0v) is 12.7. The average molecular weight is 295 g/mol.